The van der Waals surface area contributed by atoms with E-state index in [1.54, 1.807) is 12.1 Å². The second-order valence-electron chi connectivity index (χ2n) is 10.6. The fraction of sp³-hybridized carbons (Fsp3) is 0.393. The molecular weight excluding hydrogens is 426 g/mol. The van der Waals surface area contributed by atoms with Crippen LogP contribution in [-0.4, -0.2) is 21.8 Å². The maximum atomic E-state index is 13.3. The van der Waals surface area contributed by atoms with Crippen LogP contribution in [0.3, 0.4) is 0 Å². The van der Waals surface area contributed by atoms with Crippen molar-refractivity contribution in [1.82, 2.24) is 9.99 Å². The van der Waals surface area contributed by atoms with Crippen molar-refractivity contribution in [3.63, 3.8) is 0 Å². The zero-order valence-corrected chi connectivity index (χ0v) is 19.1. The van der Waals surface area contributed by atoms with Gasteiger partial charge in [0.05, 0.1) is 23.7 Å². The van der Waals surface area contributed by atoms with Crippen LogP contribution in [0.2, 0.25) is 0 Å². The largest absolute Gasteiger partial charge is 0.494 e. The van der Waals surface area contributed by atoms with E-state index >= 15 is 0 Å². The van der Waals surface area contributed by atoms with Gasteiger partial charge in [0.2, 0.25) is 11.8 Å². The van der Waals surface area contributed by atoms with Crippen molar-refractivity contribution in [2.45, 2.75) is 45.1 Å². The fourth-order valence-corrected chi connectivity index (χ4v) is 7.11. The lowest BCUT2D eigenvalue weighted by Crippen LogP contribution is -2.52. The van der Waals surface area contributed by atoms with Crippen LogP contribution in [0.5, 0.6) is 5.88 Å². The first kappa shape index (κ1) is 21.1. The Bertz CT molecular complexity index is 1310. The molecule has 0 atom stereocenters. The summed E-state index contributed by atoms with van der Waals surface area (Å²) in [6.07, 6.45) is 8.22. The van der Waals surface area contributed by atoms with Gasteiger partial charge in [-0.1, -0.05) is 48.5 Å². The molecule has 1 heterocycles. The van der Waals surface area contributed by atoms with E-state index in [1.807, 2.05) is 42.5 Å². The van der Waals surface area contributed by atoms with Crippen LogP contribution >= 0.6 is 0 Å². The van der Waals surface area contributed by atoms with Gasteiger partial charge in [-0.05, 0) is 67.9 Å². The van der Waals surface area contributed by atoms with Crippen LogP contribution in [0.4, 0.5) is 0 Å². The van der Waals surface area contributed by atoms with Gasteiger partial charge in [0, 0.05) is 10.8 Å². The van der Waals surface area contributed by atoms with E-state index in [1.165, 1.54) is 30.0 Å². The van der Waals surface area contributed by atoms with Gasteiger partial charge in [0.1, 0.15) is 0 Å². The number of aromatic hydroxyl groups is 1. The summed E-state index contributed by atoms with van der Waals surface area (Å²) in [6.45, 7) is 0.247. The van der Waals surface area contributed by atoms with Gasteiger partial charge >= 0.3 is 0 Å². The van der Waals surface area contributed by atoms with Crippen LogP contribution in [0.15, 0.2) is 64.5 Å². The Balaban J connectivity index is 1.31. The Morgan fingerprint density at radius 1 is 0.971 bits per heavy atom. The lowest BCUT2D eigenvalue weighted by Gasteiger charge is -2.55. The summed E-state index contributed by atoms with van der Waals surface area (Å²) in [5.74, 6) is 1.88. The molecule has 2 aromatic carbocycles. The molecule has 0 aliphatic heterocycles. The first-order valence-corrected chi connectivity index (χ1v) is 12.2. The molecule has 7 rings (SSSR count). The quantitative estimate of drug-likeness (QED) is 0.441. The van der Waals surface area contributed by atoms with E-state index in [-0.39, 0.29) is 29.3 Å². The van der Waals surface area contributed by atoms with Crippen LogP contribution in [0, 0.1) is 23.2 Å². The van der Waals surface area contributed by atoms with Gasteiger partial charge in [-0.2, -0.15) is 5.10 Å². The number of pyridine rings is 1. The monoisotopic (exact) mass is 455 g/mol. The van der Waals surface area contributed by atoms with Crippen molar-refractivity contribution >= 4 is 22.9 Å². The first-order chi connectivity index (χ1) is 16.5. The molecule has 0 unspecified atom stereocenters. The van der Waals surface area contributed by atoms with Gasteiger partial charge in [0.25, 0.3) is 5.56 Å². The van der Waals surface area contributed by atoms with E-state index in [0.29, 0.717) is 34.1 Å². The highest BCUT2D eigenvalue weighted by Gasteiger charge is 2.54. The van der Waals surface area contributed by atoms with Gasteiger partial charge < -0.3 is 5.11 Å². The zero-order chi connectivity index (χ0) is 23.3. The number of hydrogen-bond donors (Lipinski definition) is 2. The molecule has 3 aromatic rings. The van der Waals surface area contributed by atoms with Crippen molar-refractivity contribution in [2.24, 2.45) is 28.3 Å². The number of fused-ring (bicyclic) bond motifs is 1. The molecule has 1 aromatic heterocycles. The number of amides is 1. The highest BCUT2D eigenvalue weighted by Crippen LogP contribution is 2.60. The normalized spacial score (nSPS) is 27.5. The number of carbonyl (C=O) groups excluding carboxylic acids is 1. The number of aromatic nitrogens is 1. The number of nitrogens with zero attached hydrogens (tertiary/aromatic N) is 2. The lowest BCUT2D eigenvalue weighted by atomic mass is 9.49. The van der Waals surface area contributed by atoms with Gasteiger partial charge in [-0.25, -0.2) is 5.43 Å². The molecule has 4 bridgehead atoms. The van der Waals surface area contributed by atoms with Crippen LogP contribution in [0.25, 0.3) is 10.8 Å². The summed E-state index contributed by atoms with van der Waals surface area (Å²) < 4.78 is 1.36. The second kappa shape index (κ2) is 8.12. The third-order valence-corrected chi connectivity index (χ3v) is 8.25. The van der Waals surface area contributed by atoms with Crippen LogP contribution in [0.1, 0.15) is 49.7 Å². The standard InChI is InChI=1S/C28H29N3O3/c32-25-23-9-5-4-8-22(23)24(26(33)31(25)17-18-6-2-1-3-7-18)16-29-30-27(34)28-13-19-10-20(14-28)12-21(11-19)15-28/h1-9,16,19-21,33H,10-15,17H2,(H,30,34)/b29-16-. The van der Waals surface area contributed by atoms with Crippen molar-refractivity contribution < 1.29 is 9.90 Å². The maximum Gasteiger partial charge on any atom is 0.261 e. The number of benzene rings is 2. The molecule has 0 radical (unpaired) electrons. The molecule has 4 saturated carbocycles. The van der Waals surface area contributed by atoms with Crippen molar-refractivity contribution in [1.29, 1.82) is 0 Å². The Morgan fingerprint density at radius 2 is 1.56 bits per heavy atom. The summed E-state index contributed by atoms with van der Waals surface area (Å²) in [7, 11) is 0. The number of nitrogens with one attached hydrogen (secondary N) is 1. The summed E-state index contributed by atoms with van der Waals surface area (Å²) in [5.41, 5.74) is 3.59. The molecule has 0 saturated heterocycles. The maximum absolute atomic E-state index is 13.3. The van der Waals surface area contributed by atoms with E-state index in [4.69, 9.17) is 0 Å². The highest BCUT2D eigenvalue weighted by atomic mass is 16.3. The van der Waals surface area contributed by atoms with Crippen LogP contribution in [-0.2, 0) is 11.3 Å². The van der Waals surface area contributed by atoms with E-state index in [0.717, 1.165) is 24.8 Å². The molecule has 4 fully saturated rings. The molecular formula is C28H29N3O3. The summed E-state index contributed by atoms with van der Waals surface area (Å²) in [4.78, 5) is 26.4. The predicted octanol–water partition coefficient (Wildman–Crippen LogP) is 4.42. The Kier molecular flexibility index (Phi) is 5.05. The second-order valence-corrected chi connectivity index (χ2v) is 10.6. The topological polar surface area (TPSA) is 83.7 Å². The molecule has 1 amide bonds. The minimum Gasteiger partial charge on any atom is -0.494 e. The highest BCUT2D eigenvalue weighted by molar-refractivity contribution is 6.01. The minimum atomic E-state index is -0.289. The van der Waals surface area contributed by atoms with Gasteiger partial charge in [-0.15, -0.1) is 0 Å². The smallest absolute Gasteiger partial charge is 0.261 e. The lowest BCUT2D eigenvalue weighted by molar-refractivity contribution is -0.146. The third-order valence-electron chi connectivity index (χ3n) is 8.25. The number of carbonyl (C=O) groups is 1. The molecule has 34 heavy (non-hydrogen) atoms. The SMILES string of the molecule is O=C(N/N=C\c1c(O)n(Cc2ccccc2)c(=O)c2ccccc12)C12CC3CC(CC(C3)C1)C2. The average Bonchev–Trinajstić information content (AvgIpc) is 2.83. The van der Waals surface area contributed by atoms with Crippen molar-refractivity contribution in [3.05, 3.63) is 76.1 Å². The summed E-state index contributed by atoms with van der Waals surface area (Å²) in [5, 5.41) is 16.5. The molecule has 4 aliphatic rings. The minimum absolute atomic E-state index is 0.00394. The molecule has 2 N–H and O–H groups in total. The van der Waals surface area contributed by atoms with Gasteiger partial charge in [0.15, 0.2) is 0 Å². The van der Waals surface area contributed by atoms with Crippen LogP contribution < -0.4 is 11.0 Å². The Morgan fingerprint density at radius 3 is 2.21 bits per heavy atom. The molecule has 6 nitrogen and oxygen atoms in total. The average molecular weight is 456 g/mol. The van der Waals surface area contributed by atoms with E-state index in [9.17, 15) is 14.7 Å². The summed E-state index contributed by atoms with van der Waals surface area (Å²) >= 11 is 0. The third kappa shape index (κ3) is 3.52. The molecule has 6 heteroatoms. The Labute approximate surface area is 198 Å². The Hall–Kier alpha value is -3.41. The molecule has 4 aliphatic carbocycles. The van der Waals surface area contributed by atoms with E-state index in [2.05, 4.69) is 10.5 Å². The molecule has 0 spiro atoms. The molecule has 174 valence electrons. The van der Waals surface area contributed by atoms with Crippen molar-refractivity contribution in [2.75, 3.05) is 0 Å². The first-order valence-electron chi connectivity index (χ1n) is 12.2. The number of rotatable bonds is 5. The van der Waals surface area contributed by atoms with Gasteiger partial charge in [-0.3, -0.25) is 14.2 Å². The number of hydrazone groups is 1. The summed E-state index contributed by atoms with van der Waals surface area (Å²) in [6, 6.07) is 16.7. The fourth-order valence-electron chi connectivity index (χ4n) is 7.11. The zero-order valence-electron chi connectivity index (χ0n) is 19.1. The number of hydrogen-bond acceptors (Lipinski definition) is 4. The van der Waals surface area contributed by atoms with Crippen molar-refractivity contribution in [3.8, 4) is 5.88 Å². The van der Waals surface area contributed by atoms with E-state index < -0.39 is 0 Å². The predicted molar refractivity (Wildman–Crippen MR) is 132 cm³/mol.